The molecule has 0 bridgehead atoms. The van der Waals surface area contributed by atoms with Crippen molar-refractivity contribution in [2.45, 2.75) is 26.2 Å². The summed E-state index contributed by atoms with van der Waals surface area (Å²) in [6.07, 6.45) is 2.28. The van der Waals surface area contributed by atoms with Gasteiger partial charge in [0.15, 0.2) is 0 Å². The summed E-state index contributed by atoms with van der Waals surface area (Å²) in [5, 5.41) is 3.35. The van der Waals surface area contributed by atoms with Crippen molar-refractivity contribution in [2.24, 2.45) is 5.41 Å². The van der Waals surface area contributed by atoms with Gasteiger partial charge in [-0.2, -0.15) is 0 Å². The summed E-state index contributed by atoms with van der Waals surface area (Å²) in [4.78, 5) is 0. The SMILES string of the molecule is CCCNCC1(Cc2c(F)cccc2F)CCOC1. The second-order valence-corrected chi connectivity index (χ2v) is 5.36. The lowest BCUT2D eigenvalue weighted by Crippen LogP contribution is -2.37. The van der Waals surface area contributed by atoms with Crippen molar-refractivity contribution < 1.29 is 13.5 Å². The monoisotopic (exact) mass is 269 g/mol. The van der Waals surface area contributed by atoms with Crippen molar-refractivity contribution in [1.82, 2.24) is 5.32 Å². The highest BCUT2D eigenvalue weighted by Crippen LogP contribution is 2.33. The van der Waals surface area contributed by atoms with Crippen LogP contribution in [0.1, 0.15) is 25.3 Å². The molecule has 2 rings (SSSR count). The molecule has 0 radical (unpaired) electrons. The van der Waals surface area contributed by atoms with E-state index in [-0.39, 0.29) is 11.0 Å². The summed E-state index contributed by atoms with van der Waals surface area (Å²) >= 11 is 0. The molecule has 0 saturated carbocycles. The lowest BCUT2D eigenvalue weighted by atomic mass is 9.80. The Morgan fingerprint density at radius 2 is 2.05 bits per heavy atom. The van der Waals surface area contributed by atoms with Gasteiger partial charge in [-0.05, 0) is 37.9 Å². The first-order valence-corrected chi connectivity index (χ1v) is 6.88. The van der Waals surface area contributed by atoms with Gasteiger partial charge in [-0.1, -0.05) is 13.0 Å². The molecule has 0 spiro atoms. The van der Waals surface area contributed by atoms with E-state index in [1.165, 1.54) is 18.2 Å². The minimum absolute atomic E-state index is 0.182. The van der Waals surface area contributed by atoms with Crippen LogP contribution in [0.3, 0.4) is 0 Å². The molecule has 1 aliphatic rings. The van der Waals surface area contributed by atoms with Gasteiger partial charge in [0.05, 0.1) is 6.61 Å². The molecule has 1 heterocycles. The minimum atomic E-state index is -0.457. The zero-order valence-corrected chi connectivity index (χ0v) is 11.3. The standard InChI is InChI=1S/C15H21F2NO/c1-2-7-18-10-15(6-8-19-11-15)9-12-13(16)4-3-5-14(12)17/h3-5,18H,2,6-11H2,1H3. The Hall–Kier alpha value is -1.00. The number of benzene rings is 1. The minimum Gasteiger partial charge on any atom is -0.381 e. The summed E-state index contributed by atoms with van der Waals surface area (Å²) in [5.41, 5.74) is 0.00405. The lowest BCUT2D eigenvalue weighted by molar-refractivity contribution is 0.148. The molecule has 1 saturated heterocycles. The number of halogens is 2. The molecule has 2 nitrogen and oxygen atoms in total. The number of ether oxygens (including phenoxy) is 1. The molecule has 1 atom stereocenters. The van der Waals surface area contributed by atoms with Gasteiger partial charge in [0.1, 0.15) is 11.6 Å². The predicted molar refractivity (Wildman–Crippen MR) is 71.1 cm³/mol. The van der Waals surface area contributed by atoms with E-state index >= 15 is 0 Å². The average molecular weight is 269 g/mol. The normalized spacial score (nSPS) is 22.9. The maximum atomic E-state index is 13.8. The van der Waals surface area contributed by atoms with Crippen LogP contribution in [-0.2, 0) is 11.2 Å². The highest BCUT2D eigenvalue weighted by atomic mass is 19.1. The molecule has 0 aliphatic carbocycles. The van der Waals surface area contributed by atoms with Crippen LogP contribution in [-0.4, -0.2) is 26.3 Å². The fourth-order valence-corrected chi connectivity index (χ4v) is 2.60. The number of nitrogens with one attached hydrogen (secondary N) is 1. The molecule has 0 amide bonds. The van der Waals surface area contributed by atoms with Gasteiger partial charge in [0, 0.05) is 24.1 Å². The summed E-state index contributed by atoms with van der Waals surface area (Å²) in [7, 11) is 0. The van der Waals surface area contributed by atoms with Crippen molar-refractivity contribution >= 4 is 0 Å². The van der Waals surface area contributed by atoms with Crippen LogP contribution < -0.4 is 5.32 Å². The van der Waals surface area contributed by atoms with Gasteiger partial charge in [-0.15, -0.1) is 0 Å². The summed E-state index contributed by atoms with van der Waals surface area (Å²) in [6, 6.07) is 4.05. The Kier molecular flexibility index (Phi) is 4.88. The molecule has 1 aromatic rings. The molecule has 1 unspecified atom stereocenters. The fourth-order valence-electron chi connectivity index (χ4n) is 2.60. The zero-order valence-electron chi connectivity index (χ0n) is 11.3. The van der Waals surface area contributed by atoms with Crippen molar-refractivity contribution in [3.63, 3.8) is 0 Å². The third-order valence-corrected chi connectivity index (χ3v) is 3.73. The Labute approximate surface area is 113 Å². The summed E-state index contributed by atoms with van der Waals surface area (Å²) < 4.78 is 33.0. The average Bonchev–Trinajstić information content (AvgIpc) is 2.84. The van der Waals surface area contributed by atoms with Crippen LogP contribution in [0.2, 0.25) is 0 Å². The molecular weight excluding hydrogens is 248 g/mol. The summed E-state index contributed by atoms with van der Waals surface area (Å²) in [5.74, 6) is -0.913. The molecule has 1 fully saturated rings. The van der Waals surface area contributed by atoms with Crippen LogP contribution in [0.5, 0.6) is 0 Å². The number of hydrogen-bond donors (Lipinski definition) is 1. The Bertz CT molecular complexity index is 396. The third-order valence-electron chi connectivity index (χ3n) is 3.73. The smallest absolute Gasteiger partial charge is 0.129 e. The summed E-state index contributed by atoms with van der Waals surface area (Å²) in [6.45, 7) is 5.00. The van der Waals surface area contributed by atoms with E-state index in [1.807, 2.05) is 0 Å². The lowest BCUT2D eigenvalue weighted by Gasteiger charge is -2.28. The quantitative estimate of drug-likeness (QED) is 0.802. The van der Waals surface area contributed by atoms with E-state index < -0.39 is 11.6 Å². The number of rotatable bonds is 6. The van der Waals surface area contributed by atoms with Gasteiger partial charge in [-0.25, -0.2) is 8.78 Å². The van der Waals surface area contributed by atoms with Gasteiger partial charge >= 0.3 is 0 Å². The van der Waals surface area contributed by atoms with E-state index in [4.69, 9.17) is 4.74 Å². The molecule has 0 aromatic heterocycles. The van der Waals surface area contributed by atoms with Crippen LogP contribution in [0.15, 0.2) is 18.2 Å². The maximum Gasteiger partial charge on any atom is 0.129 e. The maximum absolute atomic E-state index is 13.8. The van der Waals surface area contributed by atoms with E-state index in [0.29, 0.717) is 19.6 Å². The van der Waals surface area contributed by atoms with Gasteiger partial charge in [-0.3, -0.25) is 0 Å². The molecule has 4 heteroatoms. The first kappa shape index (κ1) is 14.4. The highest BCUT2D eigenvalue weighted by molar-refractivity contribution is 5.21. The second-order valence-electron chi connectivity index (χ2n) is 5.36. The van der Waals surface area contributed by atoms with Crippen LogP contribution in [0, 0.1) is 17.0 Å². The van der Waals surface area contributed by atoms with Crippen molar-refractivity contribution in [3.8, 4) is 0 Å². The third kappa shape index (κ3) is 3.51. The van der Waals surface area contributed by atoms with E-state index in [0.717, 1.165) is 25.9 Å². The first-order valence-electron chi connectivity index (χ1n) is 6.88. The van der Waals surface area contributed by atoms with Crippen LogP contribution >= 0.6 is 0 Å². The molecule has 106 valence electrons. The van der Waals surface area contributed by atoms with Crippen LogP contribution in [0.4, 0.5) is 8.78 Å². The Morgan fingerprint density at radius 3 is 2.63 bits per heavy atom. The van der Waals surface area contributed by atoms with Crippen molar-refractivity contribution in [1.29, 1.82) is 0 Å². The molecule has 1 N–H and O–H groups in total. The fraction of sp³-hybridized carbons (Fsp3) is 0.600. The second kappa shape index (κ2) is 6.44. The van der Waals surface area contributed by atoms with Gasteiger partial charge in [0.2, 0.25) is 0 Å². The largest absolute Gasteiger partial charge is 0.381 e. The van der Waals surface area contributed by atoms with Gasteiger partial charge < -0.3 is 10.1 Å². The Morgan fingerprint density at radius 1 is 1.32 bits per heavy atom. The van der Waals surface area contributed by atoms with Crippen molar-refractivity contribution in [3.05, 3.63) is 35.4 Å². The highest BCUT2D eigenvalue weighted by Gasteiger charge is 2.36. The van der Waals surface area contributed by atoms with Crippen LogP contribution in [0.25, 0.3) is 0 Å². The molecule has 1 aliphatic heterocycles. The molecular formula is C15H21F2NO. The van der Waals surface area contributed by atoms with E-state index in [1.54, 1.807) is 0 Å². The predicted octanol–water partition coefficient (Wildman–Crippen LogP) is 2.91. The number of hydrogen-bond acceptors (Lipinski definition) is 2. The first-order chi connectivity index (χ1) is 9.17. The van der Waals surface area contributed by atoms with E-state index in [9.17, 15) is 8.78 Å². The Balaban J connectivity index is 2.12. The van der Waals surface area contributed by atoms with E-state index in [2.05, 4.69) is 12.2 Å². The van der Waals surface area contributed by atoms with Crippen molar-refractivity contribution in [2.75, 3.05) is 26.3 Å². The molecule has 19 heavy (non-hydrogen) atoms. The van der Waals surface area contributed by atoms with Gasteiger partial charge in [0.25, 0.3) is 0 Å². The zero-order chi connectivity index (χ0) is 13.7. The molecule has 1 aromatic carbocycles. The topological polar surface area (TPSA) is 21.3 Å².